The van der Waals surface area contributed by atoms with Crippen LogP contribution in [0.1, 0.15) is 22.0 Å². The highest BCUT2D eigenvalue weighted by atomic mass is 16.1. The lowest BCUT2D eigenvalue weighted by Gasteiger charge is -2.00. The Morgan fingerprint density at radius 2 is 2.06 bits per heavy atom. The summed E-state index contributed by atoms with van der Waals surface area (Å²) in [5.41, 5.74) is 1.20. The molecule has 4 heteroatoms. The number of aromatic nitrogens is 3. The molecule has 0 bridgehead atoms. The van der Waals surface area contributed by atoms with E-state index in [1.54, 1.807) is 25.4 Å². The quantitative estimate of drug-likeness (QED) is 0.727. The first-order chi connectivity index (χ1) is 7.75. The van der Waals surface area contributed by atoms with Gasteiger partial charge in [0.2, 0.25) is 0 Å². The van der Waals surface area contributed by atoms with Gasteiger partial charge in [0, 0.05) is 18.1 Å². The van der Waals surface area contributed by atoms with Crippen LogP contribution in [0.25, 0.3) is 0 Å². The average Bonchev–Trinajstić information content (AvgIpc) is 2.30. The molecule has 16 heavy (non-hydrogen) atoms. The van der Waals surface area contributed by atoms with Crippen molar-refractivity contribution in [3.05, 3.63) is 53.9 Å². The summed E-state index contributed by atoms with van der Waals surface area (Å²) in [6, 6.07) is 7.13. The van der Waals surface area contributed by atoms with E-state index in [0.717, 1.165) is 5.69 Å². The molecule has 0 aliphatic heterocycles. The summed E-state index contributed by atoms with van der Waals surface area (Å²) >= 11 is 0. The summed E-state index contributed by atoms with van der Waals surface area (Å²) < 4.78 is 0. The fourth-order valence-electron chi connectivity index (χ4n) is 1.37. The Balaban J connectivity index is 2.15. The molecular formula is C12H11N3O. The van der Waals surface area contributed by atoms with Crippen LogP contribution in [0.3, 0.4) is 0 Å². The van der Waals surface area contributed by atoms with Gasteiger partial charge in [0.1, 0.15) is 11.5 Å². The molecule has 0 fully saturated rings. The first kappa shape index (κ1) is 10.4. The van der Waals surface area contributed by atoms with Crippen LogP contribution in [0.4, 0.5) is 0 Å². The normalized spacial score (nSPS) is 10.1. The molecule has 2 aromatic heterocycles. The van der Waals surface area contributed by atoms with Gasteiger partial charge in [-0.3, -0.25) is 9.78 Å². The van der Waals surface area contributed by atoms with E-state index in [4.69, 9.17) is 0 Å². The molecule has 0 spiro atoms. The van der Waals surface area contributed by atoms with Crippen molar-refractivity contribution in [2.45, 2.75) is 13.3 Å². The summed E-state index contributed by atoms with van der Waals surface area (Å²) in [5, 5.41) is 0. The predicted molar refractivity (Wildman–Crippen MR) is 59.0 cm³/mol. The molecule has 0 saturated heterocycles. The standard InChI is InChI=1S/C12H11N3O/c1-9-13-7-5-11(15-9)12(16)8-10-4-2-3-6-14-10/h2-7H,8H2,1H3. The zero-order chi connectivity index (χ0) is 11.4. The molecule has 0 unspecified atom stereocenters. The Hall–Kier alpha value is -2.10. The number of nitrogens with zero attached hydrogens (tertiary/aromatic N) is 3. The number of rotatable bonds is 3. The Morgan fingerprint density at radius 1 is 1.19 bits per heavy atom. The second kappa shape index (κ2) is 4.61. The second-order valence-corrected chi connectivity index (χ2v) is 3.41. The highest BCUT2D eigenvalue weighted by molar-refractivity contribution is 5.95. The third kappa shape index (κ3) is 2.48. The number of carbonyl (C=O) groups excluding carboxylic acids is 1. The van der Waals surface area contributed by atoms with Crippen LogP contribution in [-0.2, 0) is 6.42 Å². The van der Waals surface area contributed by atoms with Gasteiger partial charge in [0.05, 0.1) is 6.42 Å². The Morgan fingerprint density at radius 3 is 2.75 bits per heavy atom. The van der Waals surface area contributed by atoms with E-state index in [9.17, 15) is 4.79 Å². The monoisotopic (exact) mass is 213 g/mol. The minimum Gasteiger partial charge on any atom is -0.292 e. The molecule has 2 heterocycles. The summed E-state index contributed by atoms with van der Waals surface area (Å²) in [4.78, 5) is 24.0. The van der Waals surface area contributed by atoms with Gasteiger partial charge in [0.15, 0.2) is 5.78 Å². The lowest BCUT2D eigenvalue weighted by atomic mass is 10.1. The van der Waals surface area contributed by atoms with Crippen molar-refractivity contribution in [3.63, 3.8) is 0 Å². The molecule has 2 aromatic rings. The van der Waals surface area contributed by atoms with Gasteiger partial charge in [-0.25, -0.2) is 9.97 Å². The maximum absolute atomic E-state index is 11.8. The van der Waals surface area contributed by atoms with Crippen molar-refractivity contribution < 1.29 is 4.79 Å². The topological polar surface area (TPSA) is 55.7 Å². The summed E-state index contributed by atoms with van der Waals surface area (Å²) in [7, 11) is 0. The van der Waals surface area contributed by atoms with Gasteiger partial charge in [-0.1, -0.05) is 6.07 Å². The summed E-state index contributed by atoms with van der Waals surface area (Å²) in [6.07, 6.45) is 3.54. The fraction of sp³-hybridized carbons (Fsp3) is 0.167. The van der Waals surface area contributed by atoms with Crippen molar-refractivity contribution >= 4 is 5.78 Å². The van der Waals surface area contributed by atoms with Crippen LogP contribution in [0.5, 0.6) is 0 Å². The first-order valence-corrected chi connectivity index (χ1v) is 4.98. The highest BCUT2D eigenvalue weighted by Gasteiger charge is 2.09. The van der Waals surface area contributed by atoms with Crippen molar-refractivity contribution in [2.75, 3.05) is 0 Å². The second-order valence-electron chi connectivity index (χ2n) is 3.41. The maximum Gasteiger partial charge on any atom is 0.187 e. The van der Waals surface area contributed by atoms with Gasteiger partial charge in [-0.15, -0.1) is 0 Å². The van der Waals surface area contributed by atoms with Crippen molar-refractivity contribution in [3.8, 4) is 0 Å². The summed E-state index contributed by atoms with van der Waals surface area (Å²) in [5.74, 6) is 0.566. The van der Waals surface area contributed by atoms with Crippen LogP contribution >= 0.6 is 0 Å². The first-order valence-electron chi connectivity index (χ1n) is 4.98. The van der Waals surface area contributed by atoms with Crippen LogP contribution in [0, 0.1) is 6.92 Å². The van der Waals surface area contributed by atoms with Gasteiger partial charge >= 0.3 is 0 Å². The number of ketones is 1. The third-order valence-electron chi connectivity index (χ3n) is 2.13. The van der Waals surface area contributed by atoms with E-state index < -0.39 is 0 Å². The lowest BCUT2D eigenvalue weighted by molar-refractivity contribution is 0.0987. The molecule has 0 radical (unpaired) electrons. The van der Waals surface area contributed by atoms with Crippen molar-refractivity contribution in [2.24, 2.45) is 0 Å². The molecule has 0 aliphatic carbocycles. The lowest BCUT2D eigenvalue weighted by Crippen LogP contribution is -2.08. The number of hydrogen-bond acceptors (Lipinski definition) is 4. The molecule has 80 valence electrons. The smallest absolute Gasteiger partial charge is 0.187 e. The molecule has 0 aliphatic rings. The van der Waals surface area contributed by atoms with Gasteiger partial charge in [0.25, 0.3) is 0 Å². The molecule has 0 aromatic carbocycles. The van der Waals surface area contributed by atoms with Crippen molar-refractivity contribution in [1.82, 2.24) is 15.0 Å². The average molecular weight is 213 g/mol. The number of Topliss-reactive ketones (excluding diaryl/α,β-unsaturated/α-hetero) is 1. The van der Waals surface area contributed by atoms with E-state index in [-0.39, 0.29) is 12.2 Å². The number of carbonyl (C=O) groups is 1. The van der Waals surface area contributed by atoms with E-state index in [1.807, 2.05) is 18.2 Å². The Bertz CT molecular complexity index is 497. The van der Waals surface area contributed by atoms with Crippen LogP contribution in [0.2, 0.25) is 0 Å². The van der Waals surface area contributed by atoms with E-state index >= 15 is 0 Å². The molecule has 0 atom stereocenters. The molecular weight excluding hydrogens is 202 g/mol. The molecule has 0 N–H and O–H groups in total. The number of aryl methyl sites for hydroxylation is 1. The maximum atomic E-state index is 11.8. The third-order valence-corrected chi connectivity index (χ3v) is 2.13. The van der Waals surface area contributed by atoms with Gasteiger partial charge in [-0.05, 0) is 25.1 Å². The van der Waals surface area contributed by atoms with Crippen LogP contribution in [0.15, 0.2) is 36.7 Å². The highest BCUT2D eigenvalue weighted by Crippen LogP contribution is 2.02. The number of hydrogen-bond donors (Lipinski definition) is 0. The largest absolute Gasteiger partial charge is 0.292 e. The van der Waals surface area contributed by atoms with Gasteiger partial charge < -0.3 is 0 Å². The minimum absolute atomic E-state index is 0.0378. The zero-order valence-electron chi connectivity index (χ0n) is 8.92. The Labute approximate surface area is 93.4 Å². The van der Waals surface area contributed by atoms with E-state index in [2.05, 4.69) is 15.0 Å². The molecule has 2 rings (SSSR count). The van der Waals surface area contributed by atoms with Crippen LogP contribution in [-0.4, -0.2) is 20.7 Å². The molecule has 4 nitrogen and oxygen atoms in total. The predicted octanol–water partition coefficient (Wildman–Crippen LogP) is 1.61. The van der Waals surface area contributed by atoms with E-state index in [1.165, 1.54) is 0 Å². The fourth-order valence-corrected chi connectivity index (χ4v) is 1.37. The van der Waals surface area contributed by atoms with E-state index in [0.29, 0.717) is 11.5 Å². The SMILES string of the molecule is Cc1nccc(C(=O)Cc2ccccn2)n1. The van der Waals surface area contributed by atoms with Crippen LogP contribution < -0.4 is 0 Å². The number of pyridine rings is 1. The van der Waals surface area contributed by atoms with Crippen molar-refractivity contribution in [1.29, 1.82) is 0 Å². The Kier molecular flexibility index (Phi) is 3.00. The van der Waals surface area contributed by atoms with Gasteiger partial charge in [-0.2, -0.15) is 0 Å². The zero-order valence-corrected chi connectivity index (χ0v) is 8.92. The minimum atomic E-state index is -0.0378. The molecule has 0 saturated carbocycles. The summed E-state index contributed by atoms with van der Waals surface area (Å²) in [6.45, 7) is 1.76. The molecule has 0 amide bonds.